The fourth-order valence-electron chi connectivity index (χ4n) is 4.96. The summed E-state index contributed by atoms with van der Waals surface area (Å²) in [5, 5.41) is 18.6. The van der Waals surface area contributed by atoms with Gasteiger partial charge in [-0.3, -0.25) is 9.59 Å². The molecular formula is C21H18N2O2. The van der Waals surface area contributed by atoms with E-state index in [0.29, 0.717) is 12.8 Å². The molecule has 0 spiro atoms. The molecule has 3 rings (SSSR count). The Balaban J connectivity index is 2.31. The Morgan fingerprint density at radius 2 is 1.76 bits per heavy atom. The van der Waals surface area contributed by atoms with Crippen LogP contribution in [0.25, 0.3) is 0 Å². The number of carbonyl (C=O) groups is 2. The van der Waals surface area contributed by atoms with Gasteiger partial charge in [-0.15, -0.1) is 6.42 Å². The number of Topliss-reactive ketones (excluding diaryl/α,β-unsaturated/α-hetero) is 1. The summed E-state index contributed by atoms with van der Waals surface area (Å²) >= 11 is 0. The van der Waals surface area contributed by atoms with E-state index in [1.807, 2.05) is 32.9 Å². The number of hydrogen-bond donors (Lipinski definition) is 0. The highest BCUT2D eigenvalue weighted by atomic mass is 16.1. The molecule has 0 bridgehead atoms. The molecule has 0 aromatic carbocycles. The van der Waals surface area contributed by atoms with Crippen molar-refractivity contribution in [3.8, 4) is 24.5 Å². The standard InChI is InChI=1S/C21H18N2O2/c1-5-21-7-6-16-19(2,3)18(25)14(12-23)9-20(16,4)17(21)8-15(24)13(10-21)11-22/h1,8-10,16H,6-7H2,2-4H3. The highest BCUT2D eigenvalue weighted by molar-refractivity contribution is 6.09. The van der Waals surface area contributed by atoms with Crippen LogP contribution >= 0.6 is 0 Å². The molecule has 1 saturated carbocycles. The van der Waals surface area contributed by atoms with Gasteiger partial charge in [0.15, 0.2) is 11.6 Å². The Hall–Kier alpha value is -2.90. The lowest BCUT2D eigenvalue weighted by Crippen LogP contribution is -2.53. The van der Waals surface area contributed by atoms with Crippen LogP contribution in [-0.4, -0.2) is 11.6 Å². The number of nitrogens with zero attached hydrogens (tertiary/aromatic N) is 2. The molecular weight excluding hydrogens is 312 g/mol. The van der Waals surface area contributed by atoms with E-state index in [0.717, 1.165) is 5.57 Å². The lowest BCUT2D eigenvalue weighted by atomic mass is 9.45. The van der Waals surface area contributed by atoms with E-state index in [-0.39, 0.29) is 28.6 Å². The van der Waals surface area contributed by atoms with Gasteiger partial charge in [-0.1, -0.05) is 32.8 Å². The van der Waals surface area contributed by atoms with Gasteiger partial charge in [0.25, 0.3) is 0 Å². The Bertz CT molecular complexity index is 926. The molecule has 0 aromatic rings. The number of rotatable bonds is 0. The van der Waals surface area contributed by atoms with Gasteiger partial charge in [0, 0.05) is 10.8 Å². The van der Waals surface area contributed by atoms with E-state index in [2.05, 4.69) is 5.92 Å². The van der Waals surface area contributed by atoms with Crippen molar-refractivity contribution in [2.24, 2.45) is 22.2 Å². The van der Waals surface area contributed by atoms with Crippen LogP contribution in [0, 0.1) is 57.2 Å². The summed E-state index contributed by atoms with van der Waals surface area (Å²) < 4.78 is 0. The second-order valence-electron chi connectivity index (χ2n) is 7.80. The summed E-state index contributed by atoms with van der Waals surface area (Å²) in [6.07, 6.45) is 11.8. The summed E-state index contributed by atoms with van der Waals surface area (Å²) in [5.74, 6) is 2.19. The van der Waals surface area contributed by atoms with Crippen LogP contribution in [0.3, 0.4) is 0 Å². The van der Waals surface area contributed by atoms with Crippen LogP contribution in [0.5, 0.6) is 0 Å². The van der Waals surface area contributed by atoms with Gasteiger partial charge in [0.1, 0.15) is 12.1 Å². The smallest absolute Gasteiger partial charge is 0.196 e. The van der Waals surface area contributed by atoms with Crippen molar-refractivity contribution < 1.29 is 9.59 Å². The molecule has 0 heterocycles. The fraction of sp³-hybridized carbons (Fsp3) is 0.429. The summed E-state index contributed by atoms with van der Waals surface area (Å²) in [4.78, 5) is 25.0. The third kappa shape index (κ3) is 2.00. The van der Waals surface area contributed by atoms with E-state index in [1.165, 1.54) is 6.08 Å². The zero-order valence-electron chi connectivity index (χ0n) is 14.5. The molecule has 4 heteroatoms. The molecule has 3 aliphatic carbocycles. The molecule has 3 unspecified atom stereocenters. The van der Waals surface area contributed by atoms with Crippen molar-refractivity contribution >= 4 is 11.6 Å². The number of nitriles is 2. The minimum atomic E-state index is -0.822. The van der Waals surface area contributed by atoms with Crippen LogP contribution in [0.4, 0.5) is 0 Å². The largest absolute Gasteiger partial charge is 0.293 e. The van der Waals surface area contributed by atoms with Gasteiger partial charge < -0.3 is 0 Å². The SMILES string of the molecule is C#CC12C=C(C#N)C(=O)C=C1C1(C)C=C(C#N)C(=O)C(C)(C)C1CC2. The predicted octanol–water partition coefficient (Wildman–Crippen LogP) is 3.04. The zero-order valence-corrected chi connectivity index (χ0v) is 14.5. The zero-order chi connectivity index (χ0) is 18.6. The quantitative estimate of drug-likeness (QED) is 0.639. The summed E-state index contributed by atoms with van der Waals surface area (Å²) in [7, 11) is 0. The molecule has 25 heavy (non-hydrogen) atoms. The number of carbonyl (C=O) groups excluding carboxylic acids is 2. The molecule has 0 aliphatic heterocycles. The molecule has 3 atom stereocenters. The van der Waals surface area contributed by atoms with Gasteiger partial charge in [0.05, 0.1) is 16.6 Å². The number of fused-ring (bicyclic) bond motifs is 3. The normalized spacial score (nSPS) is 35.7. The van der Waals surface area contributed by atoms with Crippen molar-refractivity contribution in [1.29, 1.82) is 10.5 Å². The van der Waals surface area contributed by atoms with Crippen molar-refractivity contribution in [2.75, 3.05) is 0 Å². The molecule has 0 N–H and O–H groups in total. The Morgan fingerprint density at radius 3 is 2.32 bits per heavy atom. The Labute approximate surface area is 147 Å². The van der Waals surface area contributed by atoms with Crippen LogP contribution in [-0.2, 0) is 9.59 Å². The van der Waals surface area contributed by atoms with E-state index >= 15 is 0 Å². The monoisotopic (exact) mass is 330 g/mol. The third-order valence-electron chi connectivity index (χ3n) is 6.19. The first-order valence-electron chi connectivity index (χ1n) is 8.22. The number of terminal acetylenes is 1. The average molecular weight is 330 g/mol. The van der Waals surface area contributed by atoms with Crippen molar-refractivity contribution in [2.45, 2.75) is 33.6 Å². The summed E-state index contributed by atoms with van der Waals surface area (Å²) in [6.45, 7) is 5.65. The molecule has 4 nitrogen and oxygen atoms in total. The lowest BCUT2D eigenvalue weighted by molar-refractivity contribution is -0.130. The van der Waals surface area contributed by atoms with Crippen molar-refractivity contribution in [3.63, 3.8) is 0 Å². The minimum absolute atomic E-state index is 0.0550. The molecule has 0 saturated heterocycles. The molecule has 124 valence electrons. The van der Waals surface area contributed by atoms with Gasteiger partial charge in [-0.05, 0) is 36.5 Å². The highest BCUT2D eigenvalue weighted by Crippen LogP contribution is 2.63. The average Bonchev–Trinajstić information content (AvgIpc) is 2.58. The van der Waals surface area contributed by atoms with E-state index < -0.39 is 16.2 Å². The molecule has 0 aromatic heterocycles. The Kier molecular flexibility index (Phi) is 3.42. The Morgan fingerprint density at radius 1 is 1.12 bits per heavy atom. The highest BCUT2D eigenvalue weighted by Gasteiger charge is 2.59. The molecule has 0 radical (unpaired) electrons. The maximum atomic E-state index is 12.7. The van der Waals surface area contributed by atoms with E-state index in [4.69, 9.17) is 6.42 Å². The second-order valence-corrected chi connectivity index (χ2v) is 7.80. The van der Waals surface area contributed by atoms with Crippen LogP contribution < -0.4 is 0 Å². The van der Waals surface area contributed by atoms with Crippen LogP contribution in [0.15, 0.2) is 34.9 Å². The van der Waals surface area contributed by atoms with Crippen molar-refractivity contribution in [1.82, 2.24) is 0 Å². The molecule has 0 amide bonds. The second kappa shape index (κ2) is 5.05. The first kappa shape index (κ1) is 16.9. The van der Waals surface area contributed by atoms with Crippen molar-refractivity contribution in [3.05, 3.63) is 34.9 Å². The summed E-state index contributed by atoms with van der Waals surface area (Å²) in [6, 6.07) is 3.93. The fourth-order valence-corrected chi connectivity index (χ4v) is 4.96. The summed E-state index contributed by atoms with van der Waals surface area (Å²) in [5.41, 5.74) is -1.34. The van der Waals surface area contributed by atoms with Gasteiger partial charge in [0.2, 0.25) is 0 Å². The van der Waals surface area contributed by atoms with Gasteiger partial charge in [-0.2, -0.15) is 10.5 Å². The number of allylic oxidation sites excluding steroid dienone is 6. The lowest BCUT2D eigenvalue weighted by Gasteiger charge is -2.56. The maximum absolute atomic E-state index is 12.7. The maximum Gasteiger partial charge on any atom is 0.196 e. The first-order valence-corrected chi connectivity index (χ1v) is 8.22. The van der Waals surface area contributed by atoms with Crippen LogP contribution in [0.1, 0.15) is 33.6 Å². The van der Waals surface area contributed by atoms with E-state index in [1.54, 1.807) is 12.2 Å². The number of ketones is 2. The van der Waals surface area contributed by atoms with Crippen LogP contribution in [0.2, 0.25) is 0 Å². The molecule has 3 aliphatic rings. The minimum Gasteiger partial charge on any atom is -0.293 e. The number of hydrogen-bond acceptors (Lipinski definition) is 4. The van der Waals surface area contributed by atoms with Gasteiger partial charge >= 0.3 is 0 Å². The van der Waals surface area contributed by atoms with Gasteiger partial charge in [-0.25, -0.2) is 0 Å². The first-order chi connectivity index (χ1) is 11.7. The predicted molar refractivity (Wildman–Crippen MR) is 91.4 cm³/mol. The topological polar surface area (TPSA) is 81.7 Å². The third-order valence-corrected chi connectivity index (χ3v) is 6.19. The molecule has 1 fully saturated rings. The van der Waals surface area contributed by atoms with E-state index in [9.17, 15) is 20.1 Å².